The molecule has 0 atom stereocenters. The SMILES string of the molecule is COc1cc(-n2ccc(C)cc2=O)ccc1OSF. The summed E-state index contributed by atoms with van der Waals surface area (Å²) in [6.07, 6.45) is 1.68. The Morgan fingerprint density at radius 3 is 2.63 bits per heavy atom. The Labute approximate surface area is 114 Å². The minimum atomic E-state index is -0.257. The average molecular weight is 281 g/mol. The van der Waals surface area contributed by atoms with Gasteiger partial charge in [-0.05, 0) is 30.7 Å². The predicted octanol–water partition coefficient (Wildman–Crippen LogP) is 3.07. The van der Waals surface area contributed by atoms with Gasteiger partial charge in [-0.3, -0.25) is 9.36 Å². The first-order chi connectivity index (χ1) is 9.15. The highest BCUT2D eigenvalue weighted by molar-refractivity contribution is 7.89. The monoisotopic (exact) mass is 281 g/mol. The van der Waals surface area contributed by atoms with Crippen molar-refractivity contribution in [2.75, 3.05) is 7.11 Å². The lowest BCUT2D eigenvalue weighted by Gasteiger charge is -2.10. The standard InChI is InChI=1S/C13H12FNO3S/c1-9-5-6-15(13(16)7-9)10-3-4-11(18-19-14)12(8-10)17-2/h3-8H,1-2H3. The zero-order chi connectivity index (χ0) is 13.8. The topological polar surface area (TPSA) is 40.5 Å². The minimum absolute atomic E-state index is 0.143. The number of hydrogen-bond donors (Lipinski definition) is 0. The van der Waals surface area contributed by atoms with Crippen molar-refractivity contribution >= 4 is 12.4 Å². The molecule has 2 rings (SSSR count). The van der Waals surface area contributed by atoms with Crippen LogP contribution in [-0.2, 0) is 0 Å². The van der Waals surface area contributed by atoms with E-state index < -0.39 is 0 Å². The third-order valence-corrected chi connectivity index (χ3v) is 2.86. The maximum Gasteiger partial charge on any atom is 0.272 e. The number of rotatable bonds is 4. The average Bonchev–Trinajstić information content (AvgIpc) is 2.40. The fourth-order valence-corrected chi connectivity index (χ4v) is 1.91. The van der Waals surface area contributed by atoms with Crippen molar-refractivity contribution in [1.82, 2.24) is 4.57 Å². The van der Waals surface area contributed by atoms with Crippen LogP contribution in [0, 0.1) is 6.92 Å². The lowest BCUT2D eigenvalue weighted by Crippen LogP contribution is -2.16. The second kappa shape index (κ2) is 5.79. The molecule has 0 aliphatic rings. The molecule has 0 aliphatic carbocycles. The van der Waals surface area contributed by atoms with Crippen LogP contribution in [0.1, 0.15) is 5.56 Å². The van der Waals surface area contributed by atoms with Gasteiger partial charge in [-0.2, -0.15) is 0 Å². The number of nitrogens with zero attached hydrogens (tertiary/aromatic N) is 1. The molecule has 0 N–H and O–H groups in total. The number of pyridine rings is 1. The Morgan fingerprint density at radius 2 is 2.00 bits per heavy atom. The van der Waals surface area contributed by atoms with Crippen LogP contribution in [0.5, 0.6) is 11.5 Å². The summed E-state index contributed by atoms with van der Waals surface area (Å²) in [6.45, 7) is 1.85. The molecule has 0 unspecified atom stereocenters. The zero-order valence-electron chi connectivity index (χ0n) is 10.4. The van der Waals surface area contributed by atoms with E-state index in [1.165, 1.54) is 17.7 Å². The van der Waals surface area contributed by atoms with Crippen molar-refractivity contribution in [3.05, 3.63) is 52.4 Å². The van der Waals surface area contributed by atoms with Gasteiger partial charge in [0.05, 0.1) is 12.8 Å². The molecule has 0 amide bonds. The van der Waals surface area contributed by atoms with Crippen molar-refractivity contribution in [3.63, 3.8) is 0 Å². The molecule has 0 spiro atoms. The Kier molecular flexibility index (Phi) is 4.11. The lowest BCUT2D eigenvalue weighted by atomic mass is 10.2. The van der Waals surface area contributed by atoms with E-state index in [1.807, 2.05) is 13.0 Å². The van der Waals surface area contributed by atoms with Gasteiger partial charge in [0.2, 0.25) is 0 Å². The third-order valence-electron chi connectivity index (χ3n) is 2.62. The van der Waals surface area contributed by atoms with Crippen molar-refractivity contribution in [2.45, 2.75) is 6.92 Å². The Bertz CT molecular complexity index is 642. The first-order valence-electron chi connectivity index (χ1n) is 5.48. The van der Waals surface area contributed by atoms with E-state index in [1.54, 1.807) is 24.4 Å². The highest BCUT2D eigenvalue weighted by Gasteiger charge is 2.08. The number of halogens is 1. The van der Waals surface area contributed by atoms with Crippen LogP contribution in [0.25, 0.3) is 5.69 Å². The summed E-state index contributed by atoms with van der Waals surface area (Å²) in [5.41, 5.74) is 1.37. The van der Waals surface area contributed by atoms with E-state index in [2.05, 4.69) is 0 Å². The Morgan fingerprint density at radius 1 is 1.21 bits per heavy atom. The molecule has 1 aromatic carbocycles. The third kappa shape index (κ3) is 2.90. The second-order valence-electron chi connectivity index (χ2n) is 3.89. The zero-order valence-corrected chi connectivity index (χ0v) is 11.2. The summed E-state index contributed by atoms with van der Waals surface area (Å²) >= 11 is -0.257. The van der Waals surface area contributed by atoms with Crippen molar-refractivity contribution in [1.29, 1.82) is 0 Å². The van der Waals surface area contributed by atoms with Gasteiger partial charge in [0.1, 0.15) is 0 Å². The normalized spacial score (nSPS) is 10.3. The maximum absolute atomic E-state index is 12.1. The van der Waals surface area contributed by atoms with Crippen molar-refractivity contribution in [2.24, 2.45) is 0 Å². The smallest absolute Gasteiger partial charge is 0.272 e. The fourth-order valence-electron chi connectivity index (χ4n) is 1.70. The summed E-state index contributed by atoms with van der Waals surface area (Å²) in [7, 11) is 1.45. The second-order valence-corrected chi connectivity index (χ2v) is 4.19. The van der Waals surface area contributed by atoms with Gasteiger partial charge in [0, 0.05) is 18.3 Å². The van der Waals surface area contributed by atoms with Gasteiger partial charge in [-0.25, -0.2) is 0 Å². The van der Waals surface area contributed by atoms with E-state index in [0.717, 1.165) is 5.56 Å². The molecule has 0 aliphatic heterocycles. The molecule has 1 heterocycles. The van der Waals surface area contributed by atoms with Gasteiger partial charge >= 0.3 is 0 Å². The van der Waals surface area contributed by atoms with E-state index in [4.69, 9.17) is 8.92 Å². The summed E-state index contributed by atoms with van der Waals surface area (Å²) in [5, 5.41) is 0. The van der Waals surface area contributed by atoms with E-state index in [0.29, 0.717) is 11.4 Å². The van der Waals surface area contributed by atoms with Gasteiger partial charge in [-0.15, -0.1) is 3.89 Å². The molecule has 2 aromatic rings. The maximum atomic E-state index is 12.1. The summed E-state index contributed by atoms with van der Waals surface area (Å²) in [4.78, 5) is 11.9. The summed E-state index contributed by atoms with van der Waals surface area (Å²) in [6, 6.07) is 8.18. The number of benzene rings is 1. The molecule has 4 nitrogen and oxygen atoms in total. The number of hydrogen-bond acceptors (Lipinski definition) is 4. The van der Waals surface area contributed by atoms with Crippen LogP contribution < -0.4 is 14.5 Å². The molecular weight excluding hydrogens is 269 g/mol. The first-order valence-corrected chi connectivity index (χ1v) is 6.13. The van der Waals surface area contributed by atoms with E-state index >= 15 is 0 Å². The van der Waals surface area contributed by atoms with E-state index in [9.17, 15) is 8.68 Å². The largest absolute Gasteiger partial charge is 0.493 e. The highest BCUT2D eigenvalue weighted by Crippen LogP contribution is 2.31. The van der Waals surface area contributed by atoms with Crippen molar-refractivity contribution in [3.8, 4) is 17.2 Å². The van der Waals surface area contributed by atoms with Crippen molar-refractivity contribution < 1.29 is 12.8 Å². The molecule has 0 saturated carbocycles. The van der Waals surface area contributed by atoms with Gasteiger partial charge < -0.3 is 8.92 Å². The molecule has 6 heteroatoms. The van der Waals surface area contributed by atoms with Crippen LogP contribution in [-0.4, -0.2) is 11.7 Å². The molecule has 0 bridgehead atoms. The molecule has 1 aromatic heterocycles. The molecule has 100 valence electrons. The number of ether oxygens (including phenoxy) is 1. The van der Waals surface area contributed by atoms with Crippen LogP contribution in [0.2, 0.25) is 0 Å². The minimum Gasteiger partial charge on any atom is -0.493 e. The highest BCUT2D eigenvalue weighted by atomic mass is 32.2. The molecule has 0 radical (unpaired) electrons. The fraction of sp³-hybridized carbons (Fsp3) is 0.154. The first kappa shape index (κ1) is 13.5. The Hall–Kier alpha value is -1.95. The number of methoxy groups -OCH3 is 1. The van der Waals surface area contributed by atoms with Gasteiger partial charge in [0.15, 0.2) is 11.5 Å². The predicted molar refractivity (Wildman–Crippen MR) is 72.7 cm³/mol. The van der Waals surface area contributed by atoms with Crippen LogP contribution in [0.15, 0.2) is 41.3 Å². The molecule has 0 fully saturated rings. The summed E-state index contributed by atoms with van der Waals surface area (Å²) < 4.78 is 23.4. The van der Waals surface area contributed by atoms with Crippen LogP contribution in [0.3, 0.4) is 0 Å². The number of aryl methyl sites for hydroxylation is 1. The Balaban J connectivity index is 2.48. The molecule has 19 heavy (non-hydrogen) atoms. The lowest BCUT2D eigenvalue weighted by molar-refractivity contribution is 0.398. The molecular formula is C13H12FNO3S. The van der Waals surface area contributed by atoms with Crippen LogP contribution in [0.4, 0.5) is 3.89 Å². The van der Waals surface area contributed by atoms with Gasteiger partial charge in [0.25, 0.3) is 18.0 Å². The van der Waals surface area contributed by atoms with E-state index in [-0.39, 0.29) is 23.7 Å². The van der Waals surface area contributed by atoms with Crippen LogP contribution >= 0.6 is 12.4 Å². The summed E-state index contributed by atoms with van der Waals surface area (Å²) in [5.74, 6) is 0.619. The van der Waals surface area contributed by atoms with Gasteiger partial charge in [-0.1, -0.05) is 0 Å². The number of aromatic nitrogens is 1. The molecule has 0 saturated heterocycles. The quantitative estimate of drug-likeness (QED) is 0.808.